The number of nitrogens with zero attached hydrogens (tertiary/aromatic N) is 4. The summed E-state index contributed by atoms with van der Waals surface area (Å²) in [6, 6.07) is 14.3. The van der Waals surface area contributed by atoms with Crippen LogP contribution in [0.4, 0.5) is 28.6 Å². The molecule has 2 amide bonds. The number of non-ortho nitro benzene ring substituents is 1. The number of benzene rings is 2. The highest BCUT2D eigenvalue weighted by molar-refractivity contribution is 6.05. The van der Waals surface area contributed by atoms with Gasteiger partial charge in [-0.3, -0.25) is 19.7 Å². The number of aryl methyl sites for hydroxylation is 1. The lowest BCUT2D eigenvalue weighted by Gasteiger charge is -2.09. The maximum atomic E-state index is 12.9. The maximum Gasteiger partial charge on any atom is 0.270 e. The van der Waals surface area contributed by atoms with Gasteiger partial charge in [0.15, 0.2) is 5.69 Å². The van der Waals surface area contributed by atoms with Crippen LogP contribution in [-0.2, 0) is 0 Å². The molecular formula is C30H28N10O5. The average molecular weight is 609 g/mol. The van der Waals surface area contributed by atoms with Crippen LogP contribution in [0.3, 0.4) is 0 Å². The molecule has 0 aliphatic rings. The number of rotatable bonds is 10. The lowest BCUT2D eigenvalue weighted by molar-refractivity contribution is -0.384. The van der Waals surface area contributed by atoms with Crippen LogP contribution in [0.25, 0.3) is 23.7 Å². The lowest BCUT2D eigenvalue weighted by atomic mass is 10.2. The highest BCUT2D eigenvalue weighted by Crippen LogP contribution is 2.37. The van der Waals surface area contributed by atoms with Gasteiger partial charge in [-0.1, -0.05) is 18.7 Å². The summed E-state index contributed by atoms with van der Waals surface area (Å²) in [6.45, 7) is 6.33. The number of nitro benzene ring substituents is 1. The smallest absolute Gasteiger partial charge is 0.270 e. The van der Waals surface area contributed by atoms with Gasteiger partial charge in [-0.25, -0.2) is 4.98 Å². The number of amides is 2. The molecule has 8 N–H and O–H groups in total. The molecule has 0 bridgehead atoms. The number of nitrogen functional groups attached to an aromatic ring is 1. The van der Waals surface area contributed by atoms with Gasteiger partial charge < -0.3 is 36.8 Å². The molecule has 5 rings (SSSR count). The summed E-state index contributed by atoms with van der Waals surface area (Å²) in [5.41, 5.74) is 8.44. The molecule has 0 unspecified atom stereocenters. The number of hydrogen-bond acceptors (Lipinski definition) is 10. The van der Waals surface area contributed by atoms with Crippen LogP contribution in [0, 0.1) is 17.0 Å². The van der Waals surface area contributed by atoms with Crippen molar-refractivity contribution in [3.05, 3.63) is 98.3 Å². The number of nitrogens with two attached hydrogens (primary N) is 1. The maximum absolute atomic E-state index is 12.9. The van der Waals surface area contributed by atoms with E-state index in [0.29, 0.717) is 62.0 Å². The fraction of sp³-hybridized carbons (Fsp3) is 0.100. The van der Waals surface area contributed by atoms with E-state index in [4.69, 9.17) is 5.73 Å². The zero-order valence-corrected chi connectivity index (χ0v) is 23.9. The molecule has 5 aromatic rings. The summed E-state index contributed by atoms with van der Waals surface area (Å²) < 4.78 is 0. The third-order valence-corrected chi connectivity index (χ3v) is 6.79. The number of nitrogens with one attached hydrogen (secondary N) is 5. The van der Waals surface area contributed by atoms with Crippen LogP contribution in [0.5, 0.6) is 5.88 Å². The SMILES string of the molecule is C=c1c(C(=O)NCCNc2ccc(C(=O)Nc3ccccc3N)cn2)c(C)[nH]c1=CN=Nc1c(O)[nH]c2ccc([N+](=O)[O-])cc12. The van der Waals surface area contributed by atoms with Crippen molar-refractivity contribution in [2.45, 2.75) is 6.92 Å². The summed E-state index contributed by atoms with van der Waals surface area (Å²) in [5, 5.41) is 39.1. The van der Waals surface area contributed by atoms with Crippen molar-refractivity contribution in [2.24, 2.45) is 10.2 Å². The minimum atomic E-state index is -0.545. The van der Waals surface area contributed by atoms with Crippen LogP contribution in [0.2, 0.25) is 0 Å². The molecule has 15 nitrogen and oxygen atoms in total. The predicted molar refractivity (Wildman–Crippen MR) is 170 cm³/mol. The summed E-state index contributed by atoms with van der Waals surface area (Å²) in [6.07, 6.45) is 2.78. The molecule has 0 saturated heterocycles. The number of aromatic nitrogens is 3. The van der Waals surface area contributed by atoms with Crippen molar-refractivity contribution in [1.29, 1.82) is 0 Å². The molecule has 15 heteroatoms. The number of H-pyrrole nitrogens is 2. The van der Waals surface area contributed by atoms with Crippen molar-refractivity contribution < 1.29 is 19.6 Å². The van der Waals surface area contributed by atoms with E-state index in [2.05, 4.69) is 47.7 Å². The average Bonchev–Trinajstić information content (AvgIpc) is 3.49. The second kappa shape index (κ2) is 12.8. The first-order valence-corrected chi connectivity index (χ1v) is 13.5. The van der Waals surface area contributed by atoms with Gasteiger partial charge >= 0.3 is 0 Å². The third-order valence-electron chi connectivity index (χ3n) is 6.79. The van der Waals surface area contributed by atoms with E-state index in [-0.39, 0.29) is 35.6 Å². The van der Waals surface area contributed by atoms with Gasteiger partial charge in [-0.2, -0.15) is 5.11 Å². The Balaban J connectivity index is 1.17. The second-order valence-corrected chi connectivity index (χ2v) is 9.83. The van der Waals surface area contributed by atoms with Gasteiger partial charge in [-0.15, -0.1) is 5.11 Å². The fourth-order valence-corrected chi connectivity index (χ4v) is 4.52. The van der Waals surface area contributed by atoms with Crippen LogP contribution in [-0.4, -0.2) is 49.9 Å². The summed E-state index contributed by atoms with van der Waals surface area (Å²) in [5.74, 6) is -0.465. The van der Waals surface area contributed by atoms with Crippen LogP contribution in [0.15, 0.2) is 71.0 Å². The molecule has 0 spiro atoms. The molecule has 228 valence electrons. The van der Waals surface area contributed by atoms with Gasteiger partial charge in [0.05, 0.1) is 44.5 Å². The number of fused-ring (bicyclic) bond motifs is 1. The number of azo groups is 1. The zero-order valence-electron chi connectivity index (χ0n) is 23.9. The monoisotopic (exact) mass is 608 g/mol. The van der Waals surface area contributed by atoms with E-state index < -0.39 is 4.92 Å². The standard InChI is InChI=1S/C30H28N10O5/c1-16-24(15-35-39-27-20-13-19(40(44)45)8-9-22(20)37-30(27)43)36-17(2)26(16)29(42)33-12-11-32-25-10-7-18(14-34-25)28(41)38-23-6-4-3-5-21(23)31/h3-10,13-15,36-37,43H,1,11-12,31H2,2H3,(H,32,34)(H,33,42)(H,38,41). The van der Waals surface area contributed by atoms with E-state index in [1.54, 1.807) is 43.3 Å². The summed E-state index contributed by atoms with van der Waals surface area (Å²) in [4.78, 5) is 46.0. The topological polar surface area (TPSA) is 229 Å². The molecule has 3 aromatic heterocycles. The first-order valence-electron chi connectivity index (χ1n) is 13.5. The molecule has 0 aliphatic carbocycles. The molecular weight excluding hydrogens is 580 g/mol. The molecule has 0 radical (unpaired) electrons. The van der Waals surface area contributed by atoms with Gasteiger partial charge in [0.1, 0.15) is 5.82 Å². The zero-order chi connectivity index (χ0) is 32.1. The van der Waals surface area contributed by atoms with Crippen LogP contribution < -0.4 is 32.3 Å². The minimum Gasteiger partial charge on any atom is -0.493 e. The predicted octanol–water partition coefficient (Wildman–Crippen LogP) is 3.42. The quantitative estimate of drug-likeness (QED) is 0.0407. The Morgan fingerprint density at radius 2 is 1.93 bits per heavy atom. The Kier molecular flexibility index (Phi) is 8.51. The first kappa shape index (κ1) is 30.0. The highest BCUT2D eigenvalue weighted by Gasteiger charge is 2.16. The van der Waals surface area contributed by atoms with Crippen LogP contribution >= 0.6 is 0 Å². The number of carbonyl (C=O) groups is 2. The highest BCUT2D eigenvalue weighted by atomic mass is 16.6. The minimum absolute atomic E-state index is 0.0362. The van der Waals surface area contributed by atoms with Crippen molar-refractivity contribution >= 4 is 64.1 Å². The van der Waals surface area contributed by atoms with E-state index >= 15 is 0 Å². The van der Waals surface area contributed by atoms with Crippen LogP contribution in [0.1, 0.15) is 26.4 Å². The Morgan fingerprint density at radius 3 is 2.67 bits per heavy atom. The summed E-state index contributed by atoms with van der Waals surface area (Å²) in [7, 11) is 0. The normalized spacial score (nSPS) is 11.6. The Hall–Kier alpha value is -6.51. The second-order valence-electron chi connectivity index (χ2n) is 9.83. The van der Waals surface area contributed by atoms with E-state index in [0.717, 1.165) is 0 Å². The number of hydrogen-bond donors (Lipinski definition) is 7. The molecule has 2 aromatic carbocycles. The van der Waals surface area contributed by atoms with Crippen molar-refractivity contribution in [3.63, 3.8) is 0 Å². The lowest BCUT2D eigenvalue weighted by Crippen LogP contribution is -2.34. The molecule has 0 atom stereocenters. The molecule has 0 fully saturated rings. The van der Waals surface area contributed by atoms with Crippen molar-refractivity contribution in [3.8, 4) is 5.88 Å². The van der Waals surface area contributed by atoms with E-state index in [1.807, 2.05) is 0 Å². The fourth-order valence-electron chi connectivity index (χ4n) is 4.52. The van der Waals surface area contributed by atoms with Gasteiger partial charge in [-0.05, 0) is 37.3 Å². The molecule has 0 saturated carbocycles. The van der Waals surface area contributed by atoms with E-state index in [9.17, 15) is 24.8 Å². The number of nitro groups is 1. The largest absolute Gasteiger partial charge is 0.493 e. The number of pyridine rings is 1. The third kappa shape index (κ3) is 6.61. The van der Waals surface area contributed by atoms with Gasteiger partial charge in [0.2, 0.25) is 5.88 Å². The molecule has 0 aliphatic heterocycles. The van der Waals surface area contributed by atoms with Gasteiger partial charge in [0, 0.05) is 47.7 Å². The number of aromatic hydroxyl groups is 1. The van der Waals surface area contributed by atoms with Gasteiger partial charge in [0.25, 0.3) is 17.5 Å². The van der Waals surface area contributed by atoms with Crippen molar-refractivity contribution in [2.75, 3.05) is 29.5 Å². The molecule has 3 heterocycles. The Bertz CT molecular complexity index is 2070. The number of para-hydroxylation sites is 2. The Morgan fingerprint density at radius 1 is 1.13 bits per heavy atom. The number of anilines is 3. The Labute approximate surface area is 254 Å². The number of aromatic amines is 2. The summed E-state index contributed by atoms with van der Waals surface area (Å²) >= 11 is 0. The van der Waals surface area contributed by atoms with Crippen molar-refractivity contribution in [1.82, 2.24) is 20.3 Å². The number of carbonyl (C=O) groups excluding carboxylic acids is 2. The van der Waals surface area contributed by atoms with E-state index in [1.165, 1.54) is 30.6 Å². The first-order chi connectivity index (χ1) is 21.6. The molecule has 45 heavy (non-hydrogen) atoms.